The SMILES string of the molecule is COC(=O)C1=C(C(F)(F)F)Oc2c(OC)cccc2C1O. The van der Waals surface area contributed by atoms with E-state index in [0.717, 1.165) is 7.11 Å². The number of para-hydroxylation sites is 1. The lowest BCUT2D eigenvalue weighted by Crippen LogP contribution is -2.30. The number of halogens is 3. The number of fused-ring (bicyclic) bond motifs is 1. The first-order valence-electron chi connectivity index (χ1n) is 5.73. The summed E-state index contributed by atoms with van der Waals surface area (Å²) in [7, 11) is 2.16. The molecular weight excluding hydrogens is 293 g/mol. The highest BCUT2D eigenvalue weighted by atomic mass is 19.4. The molecule has 0 saturated heterocycles. The lowest BCUT2D eigenvalue weighted by molar-refractivity contribution is -0.142. The first kappa shape index (κ1) is 15.2. The molecule has 1 unspecified atom stereocenters. The Labute approximate surface area is 117 Å². The molecule has 1 N–H and O–H groups in total. The van der Waals surface area contributed by atoms with Crippen LogP contribution in [0.3, 0.4) is 0 Å². The fourth-order valence-electron chi connectivity index (χ4n) is 1.98. The molecule has 1 aromatic rings. The molecule has 1 aromatic carbocycles. The second-order valence-electron chi connectivity index (χ2n) is 4.12. The maximum absolute atomic E-state index is 13.0. The summed E-state index contributed by atoms with van der Waals surface area (Å²) in [5.74, 6) is -3.20. The van der Waals surface area contributed by atoms with E-state index in [1.165, 1.54) is 25.3 Å². The van der Waals surface area contributed by atoms with Crippen LogP contribution >= 0.6 is 0 Å². The van der Waals surface area contributed by atoms with Gasteiger partial charge in [0.25, 0.3) is 0 Å². The summed E-state index contributed by atoms with van der Waals surface area (Å²) in [5.41, 5.74) is -1.01. The summed E-state index contributed by atoms with van der Waals surface area (Å²) in [5, 5.41) is 10.1. The van der Waals surface area contributed by atoms with Gasteiger partial charge in [0.05, 0.1) is 14.2 Å². The molecular formula is C13H11F3O5. The van der Waals surface area contributed by atoms with E-state index in [0.29, 0.717) is 0 Å². The maximum Gasteiger partial charge on any atom is 0.450 e. The van der Waals surface area contributed by atoms with Gasteiger partial charge in [-0.25, -0.2) is 4.79 Å². The monoisotopic (exact) mass is 304 g/mol. The third kappa shape index (κ3) is 2.54. The molecule has 8 heteroatoms. The van der Waals surface area contributed by atoms with Gasteiger partial charge in [0.15, 0.2) is 11.5 Å². The Hall–Kier alpha value is -2.22. The number of hydrogen-bond acceptors (Lipinski definition) is 5. The van der Waals surface area contributed by atoms with Crippen LogP contribution in [-0.2, 0) is 9.53 Å². The Balaban J connectivity index is 2.66. The number of esters is 1. The van der Waals surface area contributed by atoms with Crippen LogP contribution in [0.15, 0.2) is 29.5 Å². The summed E-state index contributed by atoms with van der Waals surface area (Å²) < 4.78 is 53.1. The molecule has 0 fully saturated rings. The van der Waals surface area contributed by atoms with E-state index in [9.17, 15) is 23.1 Å². The van der Waals surface area contributed by atoms with Crippen molar-refractivity contribution in [2.75, 3.05) is 14.2 Å². The maximum atomic E-state index is 13.0. The van der Waals surface area contributed by atoms with Crippen LogP contribution in [0.5, 0.6) is 11.5 Å². The Kier molecular flexibility index (Phi) is 3.82. The summed E-state index contributed by atoms with van der Waals surface area (Å²) >= 11 is 0. The van der Waals surface area contributed by atoms with E-state index in [1.54, 1.807) is 0 Å². The van der Waals surface area contributed by atoms with Gasteiger partial charge < -0.3 is 19.3 Å². The molecule has 0 aromatic heterocycles. The fourth-order valence-corrected chi connectivity index (χ4v) is 1.98. The molecule has 5 nitrogen and oxygen atoms in total. The average molecular weight is 304 g/mol. The van der Waals surface area contributed by atoms with E-state index in [4.69, 9.17) is 9.47 Å². The number of hydrogen-bond donors (Lipinski definition) is 1. The molecule has 0 saturated carbocycles. The van der Waals surface area contributed by atoms with Crippen molar-refractivity contribution in [1.29, 1.82) is 0 Å². The molecule has 1 aliphatic heterocycles. The quantitative estimate of drug-likeness (QED) is 0.848. The van der Waals surface area contributed by atoms with Gasteiger partial charge in [-0.05, 0) is 6.07 Å². The van der Waals surface area contributed by atoms with Crippen molar-refractivity contribution in [3.8, 4) is 11.5 Å². The number of benzene rings is 1. The lowest BCUT2D eigenvalue weighted by atomic mass is 9.96. The van der Waals surface area contributed by atoms with Crippen molar-refractivity contribution in [2.24, 2.45) is 0 Å². The van der Waals surface area contributed by atoms with Gasteiger partial charge in [0.2, 0.25) is 5.76 Å². The number of alkyl halides is 3. The zero-order valence-electron chi connectivity index (χ0n) is 11.0. The number of allylic oxidation sites excluding steroid dienone is 1. The van der Waals surface area contributed by atoms with Gasteiger partial charge in [-0.1, -0.05) is 12.1 Å². The van der Waals surface area contributed by atoms with Gasteiger partial charge in [0, 0.05) is 5.56 Å². The predicted octanol–water partition coefficient (Wildman–Crippen LogP) is 2.11. The van der Waals surface area contributed by atoms with Gasteiger partial charge in [0.1, 0.15) is 11.7 Å². The van der Waals surface area contributed by atoms with Crippen LogP contribution in [0.4, 0.5) is 13.2 Å². The summed E-state index contributed by atoms with van der Waals surface area (Å²) in [6.07, 6.45) is -6.80. The second-order valence-corrected chi connectivity index (χ2v) is 4.12. The number of rotatable bonds is 2. The number of ether oxygens (including phenoxy) is 3. The number of aliphatic hydroxyl groups excluding tert-OH is 1. The standard InChI is InChI=1S/C13H11F3O5/c1-19-7-5-3-4-6-9(17)8(12(18)20-2)11(13(14,15)16)21-10(6)7/h3-5,9,17H,1-2H3. The number of aliphatic hydroxyl groups is 1. The van der Waals surface area contributed by atoms with Crippen molar-refractivity contribution in [2.45, 2.75) is 12.3 Å². The minimum atomic E-state index is -4.97. The number of methoxy groups -OCH3 is 2. The number of carbonyl (C=O) groups excluding carboxylic acids is 1. The van der Waals surface area contributed by atoms with Gasteiger partial charge in [-0.15, -0.1) is 0 Å². The summed E-state index contributed by atoms with van der Waals surface area (Å²) in [4.78, 5) is 11.5. The molecule has 0 aliphatic carbocycles. The zero-order chi connectivity index (χ0) is 15.8. The van der Waals surface area contributed by atoms with Crippen LogP contribution in [0.1, 0.15) is 11.7 Å². The van der Waals surface area contributed by atoms with E-state index in [1.807, 2.05) is 0 Å². The lowest BCUT2D eigenvalue weighted by Gasteiger charge is -2.28. The van der Waals surface area contributed by atoms with Crippen LogP contribution in [0.2, 0.25) is 0 Å². The van der Waals surface area contributed by atoms with Crippen molar-refractivity contribution < 1.29 is 37.3 Å². The zero-order valence-corrected chi connectivity index (χ0v) is 11.0. The minimum absolute atomic E-state index is 0.0113. The Morgan fingerprint density at radius 2 is 2.00 bits per heavy atom. The van der Waals surface area contributed by atoms with E-state index in [-0.39, 0.29) is 17.1 Å². The topological polar surface area (TPSA) is 65.0 Å². The van der Waals surface area contributed by atoms with E-state index >= 15 is 0 Å². The molecule has 1 aliphatic rings. The molecule has 2 rings (SSSR count). The fraction of sp³-hybridized carbons (Fsp3) is 0.308. The first-order valence-corrected chi connectivity index (χ1v) is 5.73. The largest absolute Gasteiger partial charge is 0.493 e. The van der Waals surface area contributed by atoms with Gasteiger partial charge >= 0.3 is 12.1 Å². The Morgan fingerprint density at radius 3 is 2.52 bits per heavy atom. The third-order valence-corrected chi connectivity index (χ3v) is 2.91. The van der Waals surface area contributed by atoms with Gasteiger partial charge in [-0.2, -0.15) is 13.2 Å². The van der Waals surface area contributed by atoms with Crippen molar-refractivity contribution >= 4 is 5.97 Å². The molecule has 0 bridgehead atoms. The van der Waals surface area contributed by atoms with Gasteiger partial charge in [-0.3, -0.25) is 0 Å². The first-order chi connectivity index (χ1) is 9.81. The van der Waals surface area contributed by atoms with E-state index < -0.39 is 29.6 Å². The predicted molar refractivity (Wildman–Crippen MR) is 63.7 cm³/mol. The van der Waals surface area contributed by atoms with E-state index in [2.05, 4.69) is 4.74 Å². The van der Waals surface area contributed by atoms with Crippen molar-refractivity contribution in [3.05, 3.63) is 35.1 Å². The highest BCUT2D eigenvalue weighted by molar-refractivity contribution is 5.91. The summed E-state index contributed by atoms with van der Waals surface area (Å²) in [6, 6.07) is 4.17. The smallest absolute Gasteiger partial charge is 0.450 e. The number of carbonyl (C=O) groups is 1. The molecule has 1 atom stereocenters. The average Bonchev–Trinajstić information content (AvgIpc) is 2.44. The molecule has 1 heterocycles. The Bertz CT molecular complexity index is 606. The second kappa shape index (κ2) is 5.28. The van der Waals surface area contributed by atoms with Crippen molar-refractivity contribution in [3.63, 3.8) is 0 Å². The van der Waals surface area contributed by atoms with Crippen LogP contribution < -0.4 is 9.47 Å². The van der Waals surface area contributed by atoms with Crippen LogP contribution in [-0.4, -0.2) is 31.5 Å². The molecule has 21 heavy (non-hydrogen) atoms. The normalized spacial score (nSPS) is 17.9. The Morgan fingerprint density at radius 1 is 1.33 bits per heavy atom. The summed E-state index contributed by atoms with van der Waals surface area (Å²) in [6.45, 7) is 0. The highest BCUT2D eigenvalue weighted by Gasteiger charge is 2.47. The molecule has 0 spiro atoms. The van der Waals surface area contributed by atoms with Crippen LogP contribution in [0, 0.1) is 0 Å². The minimum Gasteiger partial charge on any atom is -0.493 e. The highest BCUT2D eigenvalue weighted by Crippen LogP contribution is 2.47. The van der Waals surface area contributed by atoms with Crippen molar-refractivity contribution in [1.82, 2.24) is 0 Å². The molecule has 114 valence electrons. The molecule has 0 amide bonds. The third-order valence-electron chi connectivity index (χ3n) is 2.91. The van der Waals surface area contributed by atoms with Crippen LogP contribution in [0.25, 0.3) is 0 Å². The molecule has 0 radical (unpaired) electrons.